The highest BCUT2D eigenvalue weighted by Gasteiger charge is 2.40. The van der Waals surface area contributed by atoms with Crippen molar-refractivity contribution in [2.24, 2.45) is 0 Å². The fraction of sp³-hybridized carbons (Fsp3) is 0.364. The zero-order valence-corrected chi connectivity index (χ0v) is 15.8. The van der Waals surface area contributed by atoms with Gasteiger partial charge >= 0.3 is 0 Å². The summed E-state index contributed by atoms with van der Waals surface area (Å²) in [5.74, 6) is 0.614. The largest absolute Gasteiger partial charge is 0.476 e. The molecular weight excluding hydrogens is 340 g/mol. The second kappa shape index (κ2) is 6.72. The van der Waals surface area contributed by atoms with Gasteiger partial charge in [0.1, 0.15) is 5.75 Å². The van der Waals surface area contributed by atoms with E-state index in [0.717, 1.165) is 30.8 Å². The molecule has 2 amide bonds. The van der Waals surface area contributed by atoms with E-state index in [4.69, 9.17) is 4.74 Å². The van der Waals surface area contributed by atoms with Gasteiger partial charge in [0.2, 0.25) is 5.91 Å². The molecule has 27 heavy (non-hydrogen) atoms. The number of para-hydroxylation sites is 3. The Bertz CT molecular complexity index is 891. The number of nitrogens with zero attached hydrogens (tertiary/aromatic N) is 2. The molecule has 0 spiro atoms. The van der Waals surface area contributed by atoms with E-state index in [1.165, 1.54) is 5.56 Å². The molecule has 0 saturated carbocycles. The van der Waals surface area contributed by atoms with E-state index in [-0.39, 0.29) is 18.2 Å². The number of aryl methyl sites for hydroxylation is 1. The Morgan fingerprint density at radius 1 is 1.07 bits per heavy atom. The maximum Gasteiger partial charge on any atom is 0.270 e. The van der Waals surface area contributed by atoms with Crippen LogP contribution < -0.4 is 14.5 Å². The molecule has 0 atom stereocenters. The highest BCUT2D eigenvalue weighted by Crippen LogP contribution is 2.37. The van der Waals surface area contributed by atoms with Crippen molar-refractivity contribution in [2.75, 3.05) is 22.9 Å². The predicted octanol–water partition coefficient (Wildman–Crippen LogP) is 3.56. The molecule has 5 heteroatoms. The van der Waals surface area contributed by atoms with Crippen molar-refractivity contribution in [3.63, 3.8) is 0 Å². The second-order valence-electron chi connectivity index (χ2n) is 7.56. The molecule has 2 aliphatic heterocycles. The first-order valence-electron chi connectivity index (χ1n) is 9.46. The van der Waals surface area contributed by atoms with Gasteiger partial charge in [-0.1, -0.05) is 30.3 Å². The lowest BCUT2D eigenvalue weighted by Crippen LogP contribution is -2.53. The second-order valence-corrected chi connectivity index (χ2v) is 7.56. The zero-order valence-electron chi connectivity index (χ0n) is 15.8. The van der Waals surface area contributed by atoms with Crippen LogP contribution in [0.4, 0.5) is 11.4 Å². The van der Waals surface area contributed by atoms with Crippen molar-refractivity contribution >= 4 is 23.2 Å². The van der Waals surface area contributed by atoms with E-state index >= 15 is 0 Å². The average molecular weight is 364 g/mol. The van der Waals surface area contributed by atoms with E-state index < -0.39 is 5.60 Å². The van der Waals surface area contributed by atoms with Crippen LogP contribution in [0.5, 0.6) is 5.75 Å². The number of hydrogen-bond acceptors (Lipinski definition) is 3. The number of amides is 2. The third kappa shape index (κ3) is 3.18. The van der Waals surface area contributed by atoms with Crippen molar-refractivity contribution in [2.45, 2.75) is 38.7 Å². The Morgan fingerprint density at radius 3 is 2.59 bits per heavy atom. The maximum atomic E-state index is 12.9. The summed E-state index contributed by atoms with van der Waals surface area (Å²) in [4.78, 5) is 29.4. The van der Waals surface area contributed by atoms with Crippen LogP contribution in [0.1, 0.15) is 32.3 Å². The highest BCUT2D eigenvalue weighted by atomic mass is 16.5. The van der Waals surface area contributed by atoms with Gasteiger partial charge in [0, 0.05) is 25.2 Å². The predicted molar refractivity (Wildman–Crippen MR) is 105 cm³/mol. The zero-order chi connectivity index (χ0) is 19.0. The summed E-state index contributed by atoms with van der Waals surface area (Å²) < 4.78 is 5.84. The molecule has 0 bridgehead atoms. The molecular formula is C22H24N2O3. The lowest BCUT2D eigenvalue weighted by molar-refractivity contribution is -0.132. The van der Waals surface area contributed by atoms with E-state index in [0.29, 0.717) is 12.3 Å². The third-order valence-corrected chi connectivity index (χ3v) is 5.24. The van der Waals surface area contributed by atoms with Gasteiger partial charge < -0.3 is 14.5 Å². The molecule has 0 unspecified atom stereocenters. The molecule has 2 heterocycles. The van der Waals surface area contributed by atoms with Gasteiger partial charge in [-0.15, -0.1) is 0 Å². The van der Waals surface area contributed by atoms with Crippen LogP contribution in [0.3, 0.4) is 0 Å². The summed E-state index contributed by atoms with van der Waals surface area (Å²) in [5, 5.41) is 0. The minimum Gasteiger partial charge on any atom is -0.476 e. The van der Waals surface area contributed by atoms with Crippen LogP contribution in [-0.4, -0.2) is 30.5 Å². The maximum absolute atomic E-state index is 12.9. The van der Waals surface area contributed by atoms with Crippen LogP contribution in [0, 0.1) is 0 Å². The van der Waals surface area contributed by atoms with Crippen LogP contribution in [0.15, 0.2) is 48.5 Å². The van der Waals surface area contributed by atoms with Crippen molar-refractivity contribution in [3.05, 3.63) is 54.1 Å². The molecule has 0 radical (unpaired) electrons. The molecule has 0 N–H and O–H groups in total. The summed E-state index contributed by atoms with van der Waals surface area (Å²) in [7, 11) is 0. The number of hydrogen-bond donors (Lipinski definition) is 0. The molecule has 2 aromatic carbocycles. The van der Waals surface area contributed by atoms with E-state index in [1.54, 1.807) is 18.7 Å². The topological polar surface area (TPSA) is 49.9 Å². The number of benzene rings is 2. The smallest absolute Gasteiger partial charge is 0.270 e. The van der Waals surface area contributed by atoms with Crippen molar-refractivity contribution in [1.29, 1.82) is 0 Å². The first kappa shape index (κ1) is 17.6. The summed E-state index contributed by atoms with van der Waals surface area (Å²) >= 11 is 0. The first-order valence-corrected chi connectivity index (χ1v) is 9.46. The van der Waals surface area contributed by atoms with Gasteiger partial charge in [-0.2, -0.15) is 0 Å². The Balaban J connectivity index is 1.53. The Morgan fingerprint density at radius 2 is 1.78 bits per heavy atom. The van der Waals surface area contributed by atoms with E-state index in [1.807, 2.05) is 47.4 Å². The fourth-order valence-electron chi connectivity index (χ4n) is 3.88. The summed E-state index contributed by atoms with van der Waals surface area (Å²) in [6.07, 6.45) is 2.25. The molecule has 2 aromatic rings. The highest BCUT2D eigenvalue weighted by molar-refractivity contribution is 6.03. The minimum atomic E-state index is -0.935. The molecule has 2 aliphatic rings. The average Bonchev–Trinajstić information content (AvgIpc) is 2.67. The number of rotatable bonds is 3. The Kier molecular flexibility index (Phi) is 4.38. The molecule has 140 valence electrons. The molecule has 0 saturated heterocycles. The normalized spacial score (nSPS) is 17.8. The molecule has 5 nitrogen and oxygen atoms in total. The van der Waals surface area contributed by atoms with Crippen LogP contribution >= 0.6 is 0 Å². The summed E-state index contributed by atoms with van der Waals surface area (Å²) in [6, 6.07) is 15.6. The monoisotopic (exact) mass is 364 g/mol. The van der Waals surface area contributed by atoms with E-state index in [9.17, 15) is 9.59 Å². The lowest BCUT2D eigenvalue weighted by atomic mass is 10.0. The number of carbonyl (C=O) groups is 2. The van der Waals surface area contributed by atoms with Crippen molar-refractivity contribution < 1.29 is 14.3 Å². The Hall–Kier alpha value is -2.82. The van der Waals surface area contributed by atoms with Crippen LogP contribution in [-0.2, 0) is 16.0 Å². The van der Waals surface area contributed by atoms with Gasteiger partial charge in [0.15, 0.2) is 5.60 Å². The van der Waals surface area contributed by atoms with E-state index in [2.05, 4.69) is 6.07 Å². The third-order valence-electron chi connectivity index (χ3n) is 5.24. The van der Waals surface area contributed by atoms with Gasteiger partial charge in [-0.3, -0.25) is 9.59 Å². The first-order chi connectivity index (χ1) is 13.0. The molecule has 0 fully saturated rings. The van der Waals surface area contributed by atoms with Crippen LogP contribution in [0.25, 0.3) is 0 Å². The minimum absolute atomic E-state index is 0.0525. The summed E-state index contributed by atoms with van der Waals surface area (Å²) in [6.45, 7) is 4.61. The molecule has 4 rings (SSSR count). The van der Waals surface area contributed by atoms with Gasteiger partial charge in [0.25, 0.3) is 5.91 Å². The number of fused-ring (bicyclic) bond motifs is 2. The lowest BCUT2D eigenvalue weighted by Gasteiger charge is -2.39. The van der Waals surface area contributed by atoms with Crippen LogP contribution in [0.2, 0.25) is 0 Å². The number of ether oxygens (including phenoxy) is 1. The SMILES string of the molecule is CC1(C)Oc2ccccc2N(CCC(=O)N2CCCc3ccccc32)C1=O. The Labute approximate surface area is 159 Å². The van der Waals surface area contributed by atoms with Gasteiger partial charge in [-0.05, 0) is 50.5 Å². The summed E-state index contributed by atoms with van der Waals surface area (Å²) in [5.41, 5.74) is 2.01. The quantitative estimate of drug-likeness (QED) is 0.837. The standard InChI is InChI=1S/C22H24N2O3/c1-22(2)21(26)24(18-11-5-6-12-19(18)27-22)15-13-20(25)23-14-7-9-16-8-3-4-10-17(16)23/h3-6,8,10-12H,7,9,13-15H2,1-2H3. The molecule has 0 aromatic heterocycles. The fourth-order valence-corrected chi connectivity index (χ4v) is 3.88. The van der Waals surface area contributed by atoms with Gasteiger partial charge in [0.05, 0.1) is 5.69 Å². The van der Waals surface area contributed by atoms with Crippen molar-refractivity contribution in [3.8, 4) is 5.75 Å². The number of anilines is 2. The van der Waals surface area contributed by atoms with Crippen molar-refractivity contribution in [1.82, 2.24) is 0 Å². The van der Waals surface area contributed by atoms with Gasteiger partial charge in [-0.25, -0.2) is 0 Å². The molecule has 0 aliphatic carbocycles. The number of carbonyl (C=O) groups excluding carboxylic acids is 2.